The van der Waals surface area contributed by atoms with E-state index in [2.05, 4.69) is 35.6 Å². The number of benzene rings is 1. The second-order valence-corrected chi connectivity index (χ2v) is 9.34. The highest BCUT2D eigenvalue weighted by atomic mass is 16.7. The summed E-state index contributed by atoms with van der Waals surface area (Å²) in [7, 11) is 0. The number of aryl methyl sites for hydroxylation is 1. The van der Waals surface area contributed by atoms with Crippen LogP contribution >= 0.6 is 0 Å². The Morgan fingerprint density at radius 1 is 1.34 bits per heavy atom. The van der Waals surface area contributed by atoms with Crippen LogP contribution in [0, 0.1) is 24.2 Å². The van der Waals surface area contributed by atoms with Gasteiger partial charge < -0.3 is 10.0 Å². The van der Waals surface area contributed by atoms with Crippen LogP contribution in [0.15, 0.2) is 18.3 Å². The van der Waals surface area contributed by atoms with E-state index in [9.17, 15) is 9.90 Å². The minimum absolute atomic E-state index is 0.152. The molecule has 1 aromatic heterocycles. The number of hydrogen-bond donors (Lipinski definition) is 3. The quantitative estimate of drug-likeness (QED) is 0.645. The molecule has 1 aliphatic carbocycles. The van der Waals surface area contributed by atoms with Gasteiger partial charge in [0.15, 0.2) is 0 Å². The molecule has 0 spiro atoms. The number of carbonyl (C=O) groups excluding carboxylic acids is 1. The molecule has 1 aliphatic heterocycles. The first kappa shape index (κ1) is 20.2. The number of likely N-dealkylation sites (tertiary alicyclic amines) is 1. The first-order chi connectivity index (χ1) is 13.9. The fraction of sp³-hybridized carbons (Fsp3) is 0.636. The molecule has 2 amide bonds. The average Bonchev–Trinajstić information content (AvgIpc) is 3.41. The lowest BCUT2D eigenvalue weighted by molar-refractivity contribution is -0.0183. The summed E-state index contributed by atoms with van der Waals surface area (Å²) < 4.78 is 0. The second kappa shape index (κ2) is 7.95. The van der Waals surface area contributed by atoms with Gasteiger partial charge in [-0.15, -0.1) is 0 Å². The molecule has 7 nitrogen and oxygen atoms in total. The minimum Gasteiger partial charge on any atom is -0.388 e. The van der Waals surface area contributed by atoms with Gasteiger partial charge >= 0.3 is 6.03 Å². The molecule has 1 saturated carbocycles. The third kappa shape index (κ3) is 4.26. The number of nitrogens with zero attached hydrogens (tertiary/aromatic N) is 2. The third-order valence-corrected chi connectivity index (χ3v) is 6.73. The van der Waals surface area contributed by atoms with Crippen LogP contribution in [-0.4, -0.2) is 45.9 Å². The predicted octanol–water partition coefficient (Wildman–Crippen LogP) is 3.69. The van der Waals surface area contributed by atoms with Crippen LogP contribution in [0.1, 0.15) is 56.8 Å². The van der Waals surface area contributed by atoms with Gasteiger partial charge in [0, 0.05) is 24.0 Å². The number of urea groups is 1. The molecule has 1 saturated heterocycles. The van der Waals surface area contributed by atoms with E-state index in [-0.39, 0.29) is 11.4 Å². The SMILES string of the molecule is Cc1cc([C@@H](O)C(C)(C)C2CCN(C(=O)NOCC3CC3)CC2)c2[nH]ncc2c1. The van der Waals surface area contributed by atoms with E-state index in [1.54, 1.807) is 6.20 Å². The van der Waals surface area contributed by atoms with E-state index in [4.69, 9.17) is 4.84 Å². The first-order valence-electron chi connectivity index (χ1n) is 10.6. The van der Waals surface area contributed by atoms with Gasteiger partial charge in [-0.3, -0.25) is 9.94 Å². The van der Waals surface area contributed by atoms with Crippen molar-refractivity contribution < 1.29 is 14.7 Å². The molecule has 29 heavy (non-hydrogen) atoms. The van der Waals surface area contributed by atoms with Gasteiger partial charge in [-0.25, -0.2) is 10.3 Å². The lowest BCUT2D eigenvalue weighted by Crippen LogP contribution is -2.47. The van der Waals surface area contributed by atoms with Gasteiger partial charge in [-0.1, -0.05) is 19.9 Å². The Morgan fingerprint density at radius 2 is 2.07 bits per heavy atom. The molecule has 3 N–H and O–H groups in total. The Balaban J connectivity index is 1.38. The molecule has 2 heterocycles. The number of aromatic amines is 1. The fourth-order valence-electron chi connectivity index (χ4n) is 4.48. The number of H-pyrrole nitrogens is 1. The molecule has 158 valence electrons. The number of aliphatic hydroxyl groups excluding tert-OH is 1. The van der Waals surface area contributed by atoms with Gasteiger partial charge in [0.2, 0.25) is 0 Å². The van der Waals surface area contributed by atoms with E-state index >= 15 is 0 Å². The highest BCUT2D eigenvalue weighted by Gasteiger charge is 2.40. The summed E-state index contributed by atoms with van der Waals surface area (Å²) in [6.45, 7) is 8.25. The van der Waals surface area contributed by atoms with Crippen LogP contribution < -0.4 is 5.48 Å². The first-order valence-corrected chi connectivity index (χ1v) is 10.6. The fourth-order valence-corrected chi connectivity index (χ4v) is 4.48. The molecule has 2 aliphatic rings. The van der Waals surface area contributed by atoms with Crippen molar-refractivity contribution in [2.24, 2.45) is 17.3 Å². The van der Waals surface area contributed by atoms with E-state index in [0.717, 1.165) is 34.9 Å². The molecule has 1 atom stereocenters. The maximum Gasteiger partial charge on any atom is 0.341 e. The van der Waals surface area contributed by atoms with Crippen LogP contribution in [0.2, 0.25) is 0 Å². The summed E-state index contributed by atoms with van der Waals surface area (Å²) in [6.07, 6.45) is 5.30. The van der Waals surface area contributed by atoms with Gasteiger partial charge in [0.25, 0.3) is 0 Å². The zero-order chi connectivity index (χ0) is 20.6. The van der Waals surface area contributed by atoms with Crippen LogP contribution in [-0.2, 0) is 4.84 Å². The van der Waals surface area contributed by atoms with Crippen LogP contribution in [0.25, 0.3) is 10.9 Å². The number of fused-ring (bicyclic) bond motifs is 1. The molecule has 2 fully saturated rings. The summed E-state index contributed by atoms with van der Waals surface area (Å²) in [5.41, 5.74) is 5.17. The van der Waals surface area contributed by atoms with Crippen LogP contribution in [0.3, 0.4) is 0 Å². The highest BCUT2D eigenvalue weighted by Crippen LogP contribution is 2.46. The number of aromatic nitrogens is 2. The number of carbonyl (C=O) groups is 1. The van der Waals surface area contributed by atoms with Crippen molar-refractivity contribution in [3.05, 3.63) is 29.5 Å². The molecular weight excluding hydrogens is 368 g/mol. The van der Waals surface area contributed by atoms with Crippen LogP contribution in [0.5, 0.6) is 0 Å². The minimum atomic E-state index is -0.613. The molecule has 1 aromatic carbocycles. The molecule has 2 aromatic rings. The van der Waals surface area contributed by atoms with Crippen molar-refractivity contribution >= 4 is 16.9 Å². The molecule has 4 rings (SSSR count). The Bertz CT molecular complexity index is 866. The molecule has 0 unspecified atom stereocenters. The third-order valence-electron chi connectivity index (χ3n) is 6.73. The summed E-state index contributed by atoms with van der Waals surface area (Å²) in [6, 6.07) is 3.97. The Kier molecular flexibility index (Phi) is 5.53. The molecule has 0 radical (unpaired) electrons. The number of hydrogen-bond acceptors (Lipinski definition) is 4. The Hall–Kier alpha value is -2.12. The van der Waals surface area contributed by atoms with E-state index in [1.807, 2.05) is 17.9 Å². The van der Waals surface area contributed by atoms with Crippen molar-refractivity contribution in [1.82, 2.24) is 20.6 Å². The van der Waals surface area contributed by atoms with Crippen molar-refractivity contribution in [3.63, 3.8) is 0 Å². The number of nitrogens with one attached hydrogen (secondary N) is 2. The lowest BCUT2D eigenvalue weighted by Gasteiger charge is -2.43. The average molecular weight is 401 g/mol. The van der Waals surface area contributed by atoms with Crippen molar-refractivity contribution in [3.8, 4) is 0 Å². The molecule has 0 bridgehead atoms. The Morgan fingerprint density at radius 3 is 2.76 bits per heavy atom. The highest BCUT2D eigenvalue weighted by molar-refractivity contribution is 5.82. The summed E-state index contributed by atoms with van der Waals surface area (Å²) in [5.74, 6) is 0.929. The van der Waals surface area contributed by atoms with Gasteiger partial charge in [-0.05, 0) is 61.5 Å². The van der Waals surface area contributed by atoms with Gasteiger partial charge in [-0.2, -0.15) is 5.10 Å². The maximum absolute atomic E-state index is 12.3. The van der Waals surface area contributed by atoms with E-state index in [0.29, 0.717) is 31.5 Å². The summed E-state index contributed by atoms with van der Waals surface area (Å²) >= 11 is 0. The lowest BCUT2D eigenvalue weighted by atomic mass is 9.68. The number of rotatable bonds is 6. The number of aliphatic hydroxyl groups is 1. The van der Waals surface area contributed by atoms with Crippen molar-refractivity contribution in [2.45, 2.75) is 52.6 Å². The Labute approximate surface area is 171 Å². The monoisotopic (exact) mass is 400 g/mol. The zero-order valence-electron chi connectivity index (χ0n) is 17.6. The van der Waals surface area contributed by atoms with Gasteiger partial charge in [0.05, 0.1) is 24.4 Å². The number of hydroxylamine groups is 1. The number of piperidine rings is 1. The standard InChI is InChI=1S/C22H32N4O3/c1-14-10-16-12-23-24-19(16)18(11-14)20(27)22(2,3)17-6-8-26(9-7-17)21(28)25-29-13-15-4-5-15/h10-12,15,17,20,27H,4-9,13H2,1-3H3,(H,23,24)(H,25,28)/t20-/m1/s1. The topological polar surface area (TPSA) is 90.5 Å². The predicted molar refractivity (Wildman–Crippen MR) is 111 cm³/mol. The smallest absolute Gasteiger partial charge is 0.341 e. The zero-order valence-corrected chi connectivity index (χ0v) is 17.6. The van der Waals surface area contributed by atoms with Crippen molar-refractivity contribution in [2.75, 3.05) is 19.7 Å². The normalized spacial score (nSPS) is 19.5. The van der Waals surface area contributed by atoms with Gasteiger partial charge in [0.1, 0.15) is 0 Å². The summed E-state index contributed by atoms with van der Waals surface area (Å²) in [4.78, 5) is 19.4. The second-order valence-electron chi connectivity index (χ2n) is 9.34. The molecule has 7 heteroatoms. The van der Waals surface area contributed by atoms with Crippen LogP contribution in [0.4, 0.5) is 4.79 Å². The van der Waals surface area contributed by atoms with Crippen molar-refractivity contribution in [1.29, 1.82) is 0 Å². The largest absolute Gasteiger partial charge is 0.388 e. The van der Waals surface area contributed by atoms with E-state index < -0.39 is 6.10 Å². The number of amides is 2. The summed E-state index contributed by atoms with van der Waals surface area (Å²) in [5, 5.41) is 19.5. The van der Waals surface area contributed by atoms with E-state index in [1.165, 1.54) is 12.8 Å². The maximum atomic E-state index is 12.3. The molecular formula is C22H32N4O3.